The average Bonchev–Trinajstić information content (AvgIpc) is 1.79. The van der Waals surface area contributed by atoms with E-state index in [1.54, 1.807) is 0 Å². The molecule has 4 N–H and O–H groups in total. The lowest BCUT2D eigenvalue weighted by Gasteiger charge is -2.14. The molecule has 0 aromatic heterocycles. The molecule has 9 heavy (non-hydrogen) atoms. The first-order valence-electron chi connectivity index (χ1n) is 3.01. The Kier molecular flexibility index (Phi) is 1.48. The van der Waals surface area contributed by atoms with E-state index in [0.29, 0.717) is 0 Å². The first-order chi connectivity index (χ1) is 4.01. The lowest BCUT2D eigenvalue weighted by atomic mass is 10.2. The van der Waals surface area contributed by atoms with Crippen molar-refractivity contribution in [2.24, 2.45) is 0 Å². The molecule has 1 rings (SSSR count). The Balaban J connectivity index is 2.54. The van der Waals surface area contributed by atoms with Crippen LogP contribution in [0.2, 0.25) is 0 Å². The zero-order valence-corrected chi connectivity index (χ0v) is 5.55. The van der Waals surface area contributed by atoms with Crippen molar-refractivity contribution < 1.29 is 10.2 Å². The largest absolute Gasteiger partial charge is 0.341 e. The fourth-order valence-corrected chi connectivity index (χ4v) is 0.927. The van der Waals surface area contributed by atoms with Gasteiger partial charge >= 0.3 is 0 Å². The Bertz CT molecular complexity index is 104. The SMILES string of the molecule is CC1NC(O)(O)NC1C. The van der Waals surface area contributed by atoms with E-state index in [2.05, 4.69) is 10.6 Å². The molecule has 1 aliphatic rings. The molecule has 4 nitrogen and oxygen atoms in total. The van der Waals surface area contributed by atoms with E-state index in [1.165, 1.54) is 0 Å². The summed E-state index contributed by atoms with van der Waals surface area (Å²) < 4.78 is 0. The molecule has 0 radical (unpaired) electrons. The van der Waals surface area contributed by atoms with Gasteiger partial charge in [0.15, 0.2) is 0 Å². The number of hydrogen-bond acceptors (Lipinski definition) is 4. The third kappa shape index (κ3) is 1.40. The summed E-state index contributed by atoms with van der Waals surface area (Å²) in [6, 6.07) is -1.67. The van der Waals surface area contributed by atoms with Crippen LogP contribution in [0.1, 0.15) is 13.8 Å². The first kappa shape index (κ1) is 6.95. The fourth-order valence-electron chi connectivity index (χ4n) is 0.927. The third-order valence-electron chi connectivity index (χ3n) is 1.61. The summed E-state index contributed by atoms with van der Waals surface area (Å²) in [6.45, 7) is 3.76. The van der Waals surface area contributed by atoms with Crippen LogP contribution in [-0.2, 0) is 0 Å². The number of rotatable bonds is 0. The summed E-state index contributed by atoms with van der Waals surface area (Å²) in [6.07, 6.45) is 0. The highest BCUT2D eigenvalue weighted by Gasteiger charge is 2.36. The second-order valence-electron chi connectivity index (χ2n) is 2.54. The summed E-state index contributed by atoms with van der Waals surface area (Å²) in [7, 11) is 0. The molecule has 0 bridgehead atoms. The normalized spacial score (nSPS) is 41.3. The molecule has 0 saturated carbocycles. The van der Waals surface area contributed by atoms with Gasteiger partial charge in [-0.3, -0.25) is 0 Å². The maximum atomic E-state index is 8.87. The zero-order valence-electron chi connectivity index (χ0n) is 5.55. The average molecular weight is 132 g/mol. The minimum atomic E-state index is -1.86. The molecule has 54 valence electrons. The Morgan fingerprint density at radius 3 is 1.56 bits per heavy atom. The Morgan fingerprint density at radius 1 is 1.11 bits per heavy atom. The van der Waals surface area contributed by atoms with Crippen molar-refractivity contribution in [1.29, 1.82) is 0 Å². The first-order valence-corrected chi connectivity index (χ1v) is 3.01. The Hall–Kier alpha value is -0.160. The molecule has 1 aliphatic heterocycles. The number of aliphatic hydroxyl groups is 2. The minimum absolute atomic E-state index is 0.0972. The lowest BCUT2D eigenvalue weighted by molar-refractivity contribution is -0.192. The van der Waals surface area contributed by atoms with E-state index in [1.807, 2.05) is 13.8 Å². The van der Waals surface area contributed by atoms with Gasteiger partial charge in [-0.25, -0.2) is 10.6 Å². The van der Waals surface area contributed by atoms with Gasteiger partial charge in [0.2, 0.25) is 0 Å². The molecule has 1 heterocycles. The quantitative estimate of drug-likeness (QED) is 0.305. The third-order valence-corrected chi connectivity index (χ3v) is 1.61. The topological polar surface area (TPSA) is 64.5 Å². The Labute approximate surface area is 53.9 Å². The van der Waals surface area contributed by atoms with Crippen LogP contribution in [0.3, 0.4) is 0 Å². The van der Waals surface area contributed by atoms with Gasteiger partial charge < -0.3 is 10.2 Å². The van der Waals surface area contributed by atoms with Crippen LogP contribution in [0.4, 0.5) is 0 Å². The molecule has 0 spiro atoms. The standard InChI is InChI=1S/C5H12N2O2/c1-3-4(2)7-5(8,9)6-3/h3-4,6-9H,1-2H3. The van der Waals surface area contributed by atoms with Gasteiger partial charge in [-0.15, -0.1) is 0 Å². The lowest BCUT2D eigenvalue weighted by Crippen LogP contribution is -2.50. The summed E-state index contributed by atoms with van der Waals surface area (Å²) in [5.74, 6) is 0. The van der Waals surface area contributed by atoms with Gasteiger partial charge in [0.1, 0.15) is 0 Å². The van der Waals surface area contributed by atoms with Crippen molar-refractivity contribution in [3.63, 3.8) is 0 Å². The van der Waals surface area contributed by atoms with Gasteiger partial charge in [0.25, 0.3) is 6.03 Å². The molecular formula is C5H12N2O2. The molecular weight excluding hydrogens is 120 g/mol. The highest BCUT2D eigenvalue weighted by molar-refractivity contribution is 4.85. The summed E-state index contributed by atoms with van der Waals surface area (Å²) in [5.41, 5.74) is 0. The van der Waals surface area contributed by atoms with Crippen LogP contribution in [0.5, 0.6) is 0 Å². The monoisotopic (exact) mass is 132 g/mol. The van der Waals surface area contributed by atoms with Gasteiger partial charge in [0.05, 0.1) is 0 Å². The maximum absolute atomic E-state index is 8.87. The van der Waals surface area contributed by atoms with E-state index in [0.717, 1.165) is 0 Å². The number of nitrogens with one attached hydrogen (secondary N) is 2. The number of hydrogen-bond donors (Lipinski definition) is 4. The maximum Gasteiger partial charge on any atom is 0.287 e. The van der Waals surface area contributed by atoms with Gasteiger partial charge in [-0.1, -0.05) is 0 Å². The van der Waals surface area contributed by atoms with Crippen LogP contribution in [0.15, 0.2) is 0 Å². The van der Waals surface area contributed by atoms with Crippen LogP contribution in [0.25, 0.3) is 0 Å². The van der Waals surface area contributed by atoms with E-state index < -0.39 is 6.03 Å². The zero-order chi connectivity index (χ0) is 7.07. The fraction of sp³-hybridized carbons (Fsp3) is 1.00. The van der Waals surface area contributed by atoms with E-state index in [4.69, 9.17) is 10.2 Å². The predicted molar refractivity (Wildman–Crippen MR) is 32.4 cm³/mol. The summed E-state index contributed by atoms with van der Waals surface area (Å²) in [5, 5.41) is 22.8. The van der Waals surface area contributed by atoms with E-state index in [9.17, 15) is 0 Å². The molecule has 0 aromatic rings. The molecule has 0 amide bonds. The molecule has 1 saturated heterocycles. The van der Waals surface area contributed by atoms with Gasteiger partial charge in [-0.05, 0) is 13.8 Å². The highest BCUT2D eigenvalue weighted by Crippen LogP contribution is 2.06. The van der Waals surface area contributed by atoms with Crippen molar-refractivity contribution in [3.8, 4) is 0 Å². The molecule has 2 atom stereocenters. The van der Waals surface area contributed by atoms with Crippen molar-refractivity contribution in [2.45, 2.75) is 32.0 Å². The molecule has 2 unspecified atom stereocenters. The Morgan fingerprint density at radius 2 is 1.44 bits per heavy atom. The van der Waals surface area contributed by atoms with Crippen LogP contribution >= 0.6 is 0 Å². The van der Waals surface area contributed by atoms with Gasteiger partial charge in [0, 0.05) is 12.1 Å². The molecule has 4 heteroatoms. The van der Waals surface area contributed by atoms with Crippen molar-refractivity contribution >= 4 is 0 Å². The molecule has 0 aromatic carbocycles. The van der Waals surface area contributed by atoms with E-state index in [-0.39, 0.29) is 12.1 Å². The highest BCUT2D eigenvalue weighted by atomic mass is 16.5. The van der Waals surface area contributed by atoms with Gasteiger partial charge in [-0.2, -0.15) is 0 Å². The summed E-state index contributed by atoms with van der Waals surface area (Å²) in [4.78, 5) is 0. The van der Waals surface area contributed by atoms with Crippen LogP contribution in [-0.4, -0.2) is 28.3 Å². The van der Waals surface area contributed by atoms with Crippen LogP contribution in [0, 0.1) is 0 Å². The second kappa shape index (κ2) is 1.91. The van der Waals surface area contributed by atoms with E-state index >= 15 is 0 Å². The van der Waals surface area contributed by atoms with Crippen LogP contribution < -0.4 is 10.6 Å². The molecule has 0 aliphatic carbocycles. The van der Waals surface area contributed by atoms with Crippen molar-refractivity contribution in [2.75, 3.05) is 0 Å². The van der Waals surface area contributed by atoms with Crippen molar-refractivity contribution in [1.82, 2.24) is 10.6 Å². The molecule has 1 fully saturated rings. The minimum Gasteiger partial charge on any atom is -0.341 e. The van der Waals surface area contributed by atoms with Crippen molar-refractivity contribution in [3.05, 3.63) is 0 Å². The smallest absolute Gasteiger partial charge is 0.287 e. The summed E-state index contributed by atoms with van der Waals surface area (Å²) >= 11 is 0. The predicted octanol–water partition coefficient (Wildman–Crippen LogP) is -1.45. The second-order valence-corrected chi connectivity index (χ2v) is 2.54.